The van der Waals surface area contributed by atoms with Gasteiger partial charge in [-0.25, -0.2) is 8.42 Å². The normalized spacial score (nSPS) is 18.7. The van der Waals surface area contributed by atoms with Crippen molar-refractivity contribution in [2.45, 2.75) is 50.6 Å². The molecule has 1 fully saturated rings. The maximum atomic E-state index is 12.7. The van der Waals surface area contributed by atoms with Gasteiger partial charge in [-0.15, -0.1) is 0 Å². The summed E-state index contributed by atoms with van der Waals surface area (Å²) in [6.07, 6.45) is 4.47. The van der Waals surface area contributed by atoms with Crippen molar-refractivity contribution < 1.29 is 13.2 Å². The van der Waals surface area contributed by atoms with Crippen molar-refractivity contribution in [1.29, 1.82) is 0 Å². The molecule has 162 valence electrons. The number of rotatable bonds is 7. The lowest BCUT2D eigenvalue weighted by molar-refractivity contribution is 0.0935. The minimum absolute atomic E-state index is 0.118. The van der Waals surface area contributed by atoms with Crippen LogP contribution >= 0.6 is 0 Å². The number of carbonyl (C=O) groups excluding carboxylic acids is 1. The van der Waals surface area contributed by atoms with Crippen LogP contribution in [0.25, 0.3) is 0 Å². The average Bonchev–Trinajstić information content (AvgIpc) is 2.72. The van der Waals surface area contributed by atoms with Gasteiger partial charge in [0, 0.05) is 24.9 Å². The molecule has 6 heteroatoms. The Bertz CT molecular complexity index is 953. The van der Waals surface area contributed by atoms with Gasteiger partial charge in [0.05, 0.1) is 10.9 Å². The van der Waals surface area contributed by atoms with Crippen LogP contribution in [0.2, 0.25) is 0 Å². The molecule has 1 aliphatic rings. The largest absolute Gasteiger partial charge is 0.345 e. The molecule has 1 amide bonds. The Balaban J connectivity index is 1.62. The number of piperidine rings is 1. The third kappa shape index (κ3) is 5.92. The highest BCUT2D eigenvalue weighted by Crippen LogP contribution is 2.21. The van der Waals surface area contributed by atoms with Gasteiger partial charge >= 0.3 is 0 Å². The highest BCUT2D eigenvalue weighted by atomic mass is 32.2. The Morgan fingerprint density at radius 2 is 1.80 bits per heavy atom. The Morgan fingerprint density at radius 3 is 2.37 bits per heavy atom. The maximum absolute atomic E-state index is 12.7. The van der Waals surface area contributed by atoms with E-state index in [9.17, 15) is 13.2 Å². The number of carbonyl (C=O) groups is 1. The van der Waals surface area contributed by atoms with Crippen LogP contribution in [0, 0.1) is 5.92 Å². The predicted octanol–water partition coefficient (Wildman–Crippen LogP) is 4.20. The Kier molecular flexibility index (Phi) is 7.32. The van der Waals surface area contributed by atoms with Gasteiger partial charge in [0.25, 0.3) is 5.91 Å². The fraction of sp³-hybridized carbons (Fsp3) is 0.458. The van der Waals surface area contributed by atoms with Gasteiger partial charge in [0.15, 0.2) is 9.84 Å². The summed E-state index contributed by atoms with van der Waals surface area (Å²) in [7, 11) is -3.23. The molecule has 0 radical (unpaired) electrons. The summed E-state index contributed by atoms with van der Waals surface area (Å²) in [6.45, 7) is 7.51. The third-order valence-corrected chi connectivity index (χ3v) is 6.92. The van der Waals surface area contributed by atoms with E-state index in [1.54, 1.807) is 24.3 Å². The van der Waals surface area contributed by atoms with E-state index in [0.29, 0.717) is 5.56 Å². The molecule has 1 saturated heterocycles. The van der Waals surface area contributed by atoms with Gasteiger partial charge < -0.3 is 5.32 Å². The summed E-state index contributed by atoms with van der Waals surface area (Å²) in [5.74, 6) is 0.633. The zero-order valence-electron chi connectivity index (χ0n) is 18.1. The van der Waals surface area contributed by atoms with Gasteiger partial charge in [-0.1, -0.05) is 38.1 Å². The van der Waals surface area contributed by atoms with Gasteiger partial charge in [0.1, 0.15) is 0 Å². The standard InChI is InChI=1S/C24H32N2O3S/c1-4-23(20-11-13-22(14-12-20)30(3,28)29)25-24(27)21-9-7-19(8-10-21)17-26-15-5-6-18(2)16-26/h7-14,18,23H,4-6,15-17H2,1-3H3,(H,25,27)/t18-,23+/m0/s1. The van der Waals surface area contributed by atoms with E-state index in [1.165, 1.54) is 24.7 Å². The quantitative estimate of drug-likeness (QED) is 0.718. The number of hydrogen-bond acceptors (Lipinski definition) is 4. The van der Waals surface area contributed by atoms with Crippen LogP contribution in [-0.4, -0.2) is 38.6 Å². The first kappa shape index (κ1) is 22.5. The lowest BCUT2D eigenvalue weighted by Gasteiger charge is -2.30. The molecule has 2 aromatic carbocycles. The predicted molar refractivity (Wildman–Crippen MR) is 120 cm³/mol. The molecule has 3 rings (SSSR count). The summed E-state index contributed by atoms with van der Waals surface area (Å²) < 4.78 is 23.3. The number of likely N-dealkylation sites (tertiary alicyclic amines) is 1. The van der Waals surface area contributed by atoms with Crippen LogP contribution in [0.15, 0.2) is 53.4 Å². The topological polar surface area (TPSA) is 66.5 Å². The van der Waals surface area contributed by atoms with E-state index in [0.717, 1.165) is 37.5 Å². The van der Waals surface area contributed by atoms with Crippen LogP contribution < -0.4 is 5.32 Å². The smallest absolute Gasteiger partial charge is 0.251 e. The molecule has 0 aliphatic carbocycles. The first-order valence-corrected chi connectivity index (χ1v) is 12.6. The first-order chi connectivity index (χ1) is 14.3. The van der Waals surface area contributed by atoms with E-state index < -0.39 is 9.84 Å². The van der Waals surface area contributed by atoms with Crippen LogP contribution in [-0.2, 0) is 16.4 Å². The minimum atomic E-state index is -3.23. The van der Waals surface area contributed by atoms with E-state index in [4.69, 9.17) is 0 Å². The zero-order chi connectivity index (χ0) is 21.7. The average molecular weight is 429 g/mol. The molecule has 2 aromatic rings. The van der Waals surface area contributed by atoms with Gasteiger partial charge in [-0.2, -0.15) is 0 Å². The molecule has 1 aliphatic heterocycles. The van der Waals surface area contributed by atoms with Crippen molar-refractivity contribution in [2.75, 3.05) is 19.3 Å². The first-order valence-electron chi connectivity index (χ1n) is 10.7. The van der Waals surface area contributed by atoms with Crippen molar-refractivity contribution in [2.24, 2.45) is 5.92 Å². The number of nitrogens with one attached hydrogen (secondary N) is 1. The Labute approximate surface area is 180 Å². The lowest BCUT2D eigenvalue weighted by Crippen LogP contribution is -2.33. The summed E-state index contributed by atoms with van der Waals surface area (Å²) in [5, 5.41) is 3.07. The molecule has 5 nitrogen and oxygen atoms in total. The van der Waals surface area contributed by atoms with E-state index in [-0.39, 0.29) is 16.8 Å². The van der Waals surface area contributed by atoms with E-state index in [2.05, 4.69) is 17.1 Å². The molecule has 1 N–H and O–H groups in total. The van der Waals surface area contributed by atoms with Crippen LogP contribution in [0.3, 0.4) is 0 Å². The number of benzene rings is 2. The second-order valence-corrected chi connectivity index (χ2v) is 10.5. The Morgan fingerprint density at radius 1 is 1.13 bits per heavy atom. The second kappa shape index (κ2) is 9.75. The molecule has 0 aromatic heterocycles. The van der Waals surface area contributed by atoms with Gasteiger partial charge in [-0.3, -0.25) is 9.69 Å². The number of sulfone groups is 1. The van der Waals surface area contributed by atoms with Crippen molar-refractivity contribution in [3.63, 3.8) is 0 Å². The molecular formula is C24H32N2O3S. The molecular weight excluding hydrogens is 396 g/mol. The highest BCUT2D eigenvalue weighted by molar-refractivity contribution is 7.90. The molecule has 0 spiro atoms. The summed E-state index contributed by atoms with van der Waals surface area (Å²) in [4.78, 5) is 15.5. The van der Waals surface area contributed by atoms with Crippen LogP contribution in [0.4, 0.5) is 0 Å². The van der Waals surface area contributed by atoms with Gasteiger partial charge in [0.2, 0.25) is 0 Å². The fourth-order valence-corrected chi connectivity index (χ4v) is 4.69. The van der Waals surface area contributed by atoms with Crippen molar-refractivity contribution >= 4 is 15.7 Å². The molecule has 0 bridgehead atoms. The summed E-state index contributed by atoms with van der Waals surface area (Å²) in [5.41, 5.74) is 2.76. The van der Waals surface area contributed by atoms with E-state index in [1.807, 2.05) is 31.2 Å². The SMILES string of the molecule is CC[C@@H](NC(=O)c1ccc(CN2CCC[C@H](C)C2)cc1)c1ccc(S(C)(=O)=O)cc1. The maximum Gasteiger partial charge on any atom is 0.251 e. The number of hydrogen-bond donors (Lipinski definition) is 1. The molecule has 0 saturated carbocycles. The zero-order valence-corrected chi connectivity index (χ0v) is 18.9. The minimum Gasteiger partial charge on any atom is -0.345 e. The van der Waals surface area contributed by atoms with Gasteiger partial charge in [-0.05, 0) is 67.1 Å². The van der Waals surface area contributed by atoms with Crippen LogP contribution in [0.1, 0.15) is 60.6 Å². The summed E-state index contributed by atoms with van der Waals surface area (Å²) >= 11 is 0. The highest BCUT2D eigenvalue weighted by Gasteiger charge is 2.18. The van der Waals surface area contributed by atoms with Crippen LogP contribution in [0.5, 0.6) is 0 Å². The Hall–Kier alpha value is -2.18. The van der Waals surface area contributed by atoms with Crippen molar-refractivity contribution in [3.8, 4) is 0 Å². The molecule has 0 unspecified atom stereocenters. The monoisotopic (exact) mass is 428 g/mol. The third-order valence-electron chi connectivity index (χ3n) is 5.79. The number of amides is 1. The van der Waals surface area contributed by atoms with Crippen molar-refractivity contribution in [3.05, 3.63) is 65.2 Å². The summed E-state index contributed by atoms with van der Waals surface area (Å²) in [6, 6.07) is 14.4. The fourth-order valence-electron chi connectivity index (χ4n) is 4.06. The second-order valence-electron chi connectivity index (χ2n) is 8.45. The number of nitrogens with zero attached hydrogens (tertiary/aromatic N) is 1. The molecule has 2 atom stereocenters. The molecule has 30 heavy (non-hydrogen) atoms. The molecule has 1 heterocycles. The van der Waals surface area contributed by atoms with E-state index >= 15 is 0 Å². The lowest BCUT2D eigenvalue weighted by atomic mass is 9.99. The van der Waals surface area contributed by atoms with Crippen molar-refractivity contribution in [1.82, 2.24) is 10.2 Å².